The fourth-order valence-electron chi connectivity index (χ4n) is 4.07. The van der Waals surface area contributed by atoms with Crippen molar-refractivity contribution in [2.45, 2.75) is 26.2 Å². The second-order valence-corrected chi connectivity index (χ2v) is 7.89. The van der Waals surface area contributed by atoms with Gasteiger partial charge in [0.25, 0.3) is 0 Å². The average molecular weight is 308 g/mol. The highest BCUT2D eigenvalue weighted by molar-refractivity contribution is 6.33. The first kappa shape index (κ1) is 13.8. The van der Waals surface area contributed by atoms with E-state index in [2.05, 4.69) is 87.5 Å². The molecule has 116 valence electrons. The first-order valence-corrected chi connectivity index (χ1v) is 8.64. The van der Waals surface area contributed by atoms with Crippen LogP contribution in [0.4, 0.5) is 0 Å². The van der Waals surface area contributed by atoms with Crippen LogP contribution < -0.4 is 0 Å². The Hall–Kier alpha value is -2.60. The monoisotopic (exact) mass is 308 g/mol. The molecule has 0 radical (unpaired) electrons. The Morgan fingerprint density at radius 1 is 0.542 bits per heavy atom. The molecular weight excluding hydrogens is 288 g/mol. The van der Waals surface area contributed by atoms with Crippen LogP contribution in [0, 0.1) is 0 Å². The van der Waals surface area contributed by atoms with Crippen molar-refractivity contribution in [3.8, 4) is 0 Å². The zero-order valence-electron chi connectivity index (χ0n) is 14.4. The van der Waals surface area contributed by atoms with Crippen LogP contribution in [0.3, 0.4) is 0 Å². The van der Waals surface area contributed by atoms with Gasteiger partial charge in [-0.2, -0.15) is 0 Å². The molecule has 0 spiro atoms. The standard InChI is InChI=1S/C24H20/c1-24(2,3)17-13-16-12-11-15-7-6-10-20-18-8-4-5-9-19(18)21(14-17)23(16)22(15)20/h4-14H,1-3H3. The van der Waals surface area contributed by atoms with Gasteiger partial charge in [-0.25, -0.2) is 0 Å². The van der Waals surface area contributed by atoms with E-state index in [0.29, 0.717) is 0 Å². The Morgan fingerprint density at radius 2 is 1.17 bits per heavy atom. The van der Waals surface area contributed by atoms with Crippen LogP contribution in [0.1, 0.15) is 26.3 Å². The number of hydrogen-bond acceptors (Lipinski definition) is 0. The second-order valence-electron chi connectivity index (χ2n) is 7.89. The van der Waals surface area contributed by atoms with Gasteiger partial charge in [0.05, 0.1) is 0 Å². The molecule has 0 fully saturated rings. The largest absolute Gasteiger partial charge is 0.0616 e. The van der Waals surface area contributed by atoms with E-state index in [4.69, 9.17) is 0 Å². The minimum atomic E-state index is 0.144. The molecule has 5 rings (SSSR count). The molecule has 0 aliphatic carbocycles. The Morgan fingerprint density at radius 3 is 1.92 bits per heavy atom. The summed E-state index contributed by atoms with van der Waals surface area (Å²) in [4.78, 5) is 0. The quantitative estimate of drug-likeness (QED) is 0.213. The van der Waals surface area contributed by atoms with E-state index in [1.807, 2.05) is 0 Å². The maximum absolute atomic E-state index is 2.41. The number of fused-ring (bicyclic) bond motifs is 3. The highest BCUT2D eigenvalue weighted by Gasteiger charge is 2.18. The summed E-state index contributed by atoms with van der Waals surface area (Å²) in [5, 5.41) is 11.0. The third-order valence-corrected chi connectivity index (χ3v) is 5.33. The molecule has 0 bridgehead atoms. The predicted octanol–water partition coefficient (Wildman–Crippen LogP) is 7.03. The second kappa shape index (κ2) is 4.48. The van der Waals surface area contributed by atoms with Crippen LogP contribution >= 0.6 is 0 Å². The number of hydrogen-bond donors (Lipinski definition) is 0. The zero-order valence-corrected chi connectivity index (χ0v) is 14.4. The molecule has 5 aromatic rings. The van der Waals surface area contributed by atoms with Gasteiger partial charge in [-0.1, -0.05) is 81.4 Å². The lowest BCUT2D eigenvalue weighted by atomic mass is 9.82. The van der Waals surface area contributed by atoms with Crippen LogP contribution in [0.15, 0.2) is 66.7 Å². The SMILES string of the molecule is CC(C)(C)c1cc2ccc3cccc4c5ccccc5c(c1)c2c34. The summed E-state index contributed by atoms with van der Waals surface area (Å²) in [7, 11) is 0. The summed E-state index contributed by atoms with van der Waals surface area (Å²) < 4.78 is 0. The molecule has 0 heteroatoms. The van der Waals surface area contributed by atoms with Crippen molar-refractivity contribution in [2.75, 3.05) is 0 Å². The maximum Gasteiger partial charge on any atom is -0.00201 e. The lowest BCUT2D eigenvalue weighted by Gasteiger charge is -2.22. The number of benzene rings is 5. The fraction of sp³-hybridized carbons (Fsp3) is 0.167. The molecule has 0 amide bonds. The Bertz CT molecular complexity index is 1220. The molecule has 0 aliphatic rings. The lowest BCUT2D eigenvalue weighted by Crippen LogP contribution is -2.10. The van der Waals surface area contributed by atoms with Crippen LogP contribution in [0.2, 0.25) is 0 Å². The van der Waals surface area contributed by atoms with Crippen molar-refractivity contribution in [1.29, 1.82) is 0 Å². The van der Waals surface area contributed by atoms with Gasteiger partial charge in [-0.15, -0.1) is 0 Å². The van der Waals surface area contributed by atoms with Gasteiger partial charge in [0, 0.05) is 0 Å². The van der Waals surface area contributed by atoms with Crippen LogP contribution in [0.25, 0.3) is 43.1 Å². The van der Waals surface area contributed by atoms with E-state index < -0.39 is 0 Å². The molecule has 5 aromatic carbocycles. The molecule has 0 N–H and O–H groups in total. The van der Waals surface area contributed by atoms with Crippen molar-refractivity contribution in [3.63, 3.8) is 0 Å². The summed E-state index contributed by atoms with van der Waals surface area (Å²) in [6.07, 6.45) is 0. The zero-order chi connectivity index (χ0) is 16.5. The summed E-state index contributed by atoms with van der Waals surface area (Å²) >= 11 is 0. The molecule has 0 unspecified atom stereocenters. The smallest absolute Gasteiger partial charge is 0.00201 e. The van der Waals surface area contributed by atoms with E-state index in [1.54, 1.807) is 0 Å². The van der Waals surface area contributed by atoms with Gasteiger partial charge in [0.15, 0.2) is 0 Å². The molecule has 0 saturated heterocycles. The first-order chi connectivity index (χ1) is 11.5. The third-order valence-electron chi connectivity index (χ3n) is 5.33. The highest BCUT2D eigenvalue weighted by Crippen LogP contribution is 2.42. The summed E-state index contributed by atoms with van der Waals surface area (Å²) in [6, 6.07) is 24.8. The summed E-state index contributed by atoms with van der Waals surface area (Å²) in [6.45, 7) is 6.88. The normalized spacial score (nSPS) is 12.8. The van der Waals surface area contributed by atoms with Crippen molar-refractivity contribution in [2.24, 2.45) is 0 Å². The molecular formula is C24H20. The van der Waals surface area contributed by atoms with Gasteiger partial charge in [-0.05, 0) is 60.1 Å². The minimum Gasteiger partial charge on any atom is -0.0616 e. The molecule has 0 atom stereocenters. The maximum atomic E-state index is 2.41. The van der Waals surface area contributed by atoms with Crippen molar-refractivity contribution >= 4 is 43.1 Å². The molecule has 0 nitrogen and oxygen atoms in total. The summed E-state index contributed by atoms with van der Waals surface area (Å²) in [5.41, 5.74) is 1.55. The van der Waals surface area contributed by atoms with Gasteiger partial charge in [0.1, 0.15) is 0 Å². The van der Waals surface area contributed by atoms with E-state index in [0.717, 1.165) is 0 Å². The van der Waals surface area contributed by atoms with Gasteiger partial charge < -0.3 is 0 Å². The van der Waals surface area contributed by atoms with E-state index >= 15 is 0 Å². The highest BCUT2D eigenvalue weighted by atomic mass is 14.2. The van der Waals surface area contributed by atoms with Crippen molar-refractivity contribution < 1.29 is 0 Å². The summed E-state index contributed by atoms with van der Waals surface area (Å²) in [5.74, 6) is 0. The van der Waals surface area contributed by atoms with Crippen LogP contribution in [-0.2, 0) is 5.41 Å². The molecule has 0 saturated carbocycles. The minimum absolute atomic E-state index is 0.144. The van der Waals surface area contributed by atoms with E-state index in [9.17, 15) is 0 Å². The Balaban J connectivity index is 2.17. The molecule has 0 heterocycles. The van der Waals surface area contributed by atoms with E-state index in [-0.39, 0.29) is 5.41 Å². The van der Waals surface area contributed by atoms with Gasteiger partial charge >= 0.3 is 0 Å². The van der Waals surface area contributed by atoms with Crippen LogP contribution in [0.5, 0.6) is 0 Å². The van der Waals surface area contributed by atoms with Gasteiger partial charge in [0.2, 0.25) is 0 Å². The Labute approximate surface area is 142 Å². The third kappa shape index (κ3) is 1.74. The van der Waals surface area contributed by atoms with Gasteiger partial charge in [-0.3, -0.25) is 0 Å². The molecule has 0 aliphatic heterocycles. The number of rotatable bonds is 0. The van der Waals surface area contributed by atoms with E-state index in [1.165, 1.54) is 48.7 Å². The molecule has 24 heavy (non-hydrogen) atoms. The Kier molecular flexibility index (Phi) is 2.58. The predicted molar refractivity (Wildman–Crippen MR) is 106 cm³/mol. The van der Waals surface area contributed by atoms with Crippen LogP contribution in [-0.4, -0.2) is 0 Å². The molecule has 0 aromatic heterocycles. The first-order valence-electron chi connectivity index (χ1n) is 8.64. The fourth-order valence-corrected chi connectivity index (χ4v) is 4.07. The average Bonchev–Trinajstić information content (AvgIpc) is 2.59. The topological polar surface area (TPSA) is 0 Å². The lowest BCUT2D eigenvalue weighted by molar-refractivity contribution is 0.592. The van der Waals surface area contributed by atoms with Crippen molar-refractivity contribution in [3.05, 3.63) is 72.3 Å². The van der Waals surface area contributed by atoms with Crippen molar-refractivity contribution in [1.82, 2.24) is 0 Å².